The molecule has 1 amide bonds. The van der Waals surface area contributed by atoms with E-state index in [9.17, 15) is 4.79 Å². The third-order valence-corrected chi connectivity index (χ3v) is 2.53. The minimum absolute atomic E-state index is 0.220. The number of amides is 1. The third kappa shape index (κ3) is 2.59. The number of carbonyl (C=O) groups excluding carboxylic acids is 1. The fraction of sp³-hybridized carbons (Fsp3) is 0.111. The molecule has 0 aliphatic heterocycles. The quantitative estimate of drug-likeness (QED) is 0.854. The molecule has 0 aromatic carbocycles. The van der Waals surface area contributed by atoms with Gasteiger partial charge in [-0.15, -0.1) is 5.10 Å². The Bertz CT molecular complexity index is 566. The van der Waals surface area contributed by atoms with E-state index in [0.29, 0.717) is 16.0 Å². The number of aryl methyl sites for hydroxylation is 1. The monoisotopic (exact) mass is 296 g/mol. The summed E-state index contributed by atoms with van der Waals surface area (Å²) in [4.78, 5) is 17.0. The molecule has 0 fully saturated rings. The maximum absolute atomic E-state index is 11.7. The van der Waals surface area contributed by atoms with Gasteiger partial charge in [0, 0.05) is 7.05 Å². The van der Waals surface area contributed by atoms with Crippen molar-refractivity contribution < 1.29 is 4.79 Å². The van der Waals surface area contributed by atoms with Crippen LogP contribution >= 0.6 is 15.9 Å². The third-order valence-electron chi connectivity index (χ3n) is 1.93. The standard InChI is InChI=1S/C9H9BrN6O/c1-16-13-4-7(15-16)9(17)14-8-6(10)2-5(11)3-12-8/h2-4H,11H2,1H3,(H,12,14,17). The average Bonchev–Trinajstić information content (AvgIpc) is 2.69. The zero-order valence-electron chi connectivity index (χ0n) is 8.88. The van der Waals surface area contributed by atoms with E-state index < -0.39 is 0 Å². The SMILES string of the molecule is Cn1ncc(C(=O)Nc2ncc(N)cc2Br)n1. The maximum atomic E-state index is 11.7. The van der Waals surface area contributed by atoms with Crippen molar-refractivity contribution in [3.63, 3.8) is 0 Å². The molecule has 0 aliphatic carbocycles. The molecular formula is C9H9BrN6O. The molecule has 2 aromatic heterocycles. The van der Waals surface area contributed by atoms with E-state index in [1.54, 1.807) is 13.1 Å². The van der Waals surface area contributed by atoms with Gasteiger partial charge in [-0.3, -0.25) is 4.79 Å². The Balaban J connectivity index is 2.18. The second-order valence-electron chi connectivity index (χ2n) is 3.27. The van der Waals surface area contributed by atoms with Crippen LogP contribution < -0.4 is 11.1 Å². The fourth-order valence-corrected chi connectivity index (χ4v) is 1.63. The molecule has 0 radical (unpaired) electrons. The van der Waals surface area contributed by atoms with Gasteiger partial charge in [-0.25, -0.2) is 4.98 Å². The van der Waals surface area contributed by atoms with Crippen LogP contribution in [0.3, 0.4) is 0 Å². The van der Waals surface area contributed by atoms with Crippen molar-refractivity contribution in [2.24, 2.45) is 7.05 Å². The number of hydrogen-bond donors (Lipinski definition) is 2. The van der Waals surface area contributed by atoms with Crippen LogP contribution in [0.25, 0.3) is 0 Å². The first-order chi connectivity index (χ1) is 8.06. The summed E-state index contributed by atoms with van der Waals surface area (Å²) in [5, 5.41) is 10.3. The Hall–Kier alpha value is -1.96. The van der Waals surface area contributed by atoms with E-state index >= 15 is 0 Å². The van der Waals surface area contributed by atoms with Crippen LogP contribution in [0.15, 0.2) is 22.9 Å². The molecular weight excluding hydrogens is 288 g/mol. The van der Waals surface area contributed by atoms with Gasteiger partial charge >= 0.3 is 0 Å². The molecule has 88 valence electrons. The number of anilines is 2. The zero-order valence-corrected chi connectivity index (χ0v) is 10.5. The number of pyridine rings is 1. The molecule has 0 unspecified atom stereocenters. The first-order valence-electron chi connectivity index (χ1n) is 4.65. The lowest BCUT2D eigenvalue weighted by Gasteiger charge is -2.04. The van der Waals surface area contributed by atoms with Gasteiger partial charge in [-0.1, -0.05) is 0 Å². The number of nitrogens with two attached hydrogens (primary N) is 1. The lowest BCUT2D eigenvalue weighted by molar-refractivity contribution is 0.102. The van der Waals surface area contributed by atoms with Crippen molar-refractivity contribution in [2.45, 2.75) is 0 Å². The number of carbonyl (C=O) groups is 1. The van der Waals surface area contributed by atoms with Crippen molar-refractivity contribution >= 4 is 33.3 Å². The second-order valence-corrected chi connectivity index (χ2v) is 4.13. The van der Waals surface area contributed by atoms with Gasteiger partial charge < -0.3 is 11.1 Å². The van der Waals surface area contributed by atoms with E-state index in [1.165, 1.54) is 17.2 Å². The molecule has 0 saturated carbocycles. The fourth-order valence-electron chi connectivity index (χ4n) is 1.17. The zero-order chi connectivity index (χ0) is 12.4. The van der Waals surface area contributed by atoms with Gasteiger partial charge in [0.2, 0.25) is 0 Å². The number of nitrogens with one attached hydrogen (secondary N) is 1. The van der Waals surface area contributed by atoms with Gasteiger partial charge in [-0.05, 0) is 22.0 Å². The highest BCUT2D eigenvalue weighted by Crippen LogP contribution is 2.21. The Morgan fingerprint density at radius 2 is 2.29 bits per heavy atom. The van der Waals surface area contributed by atoms with E-state index in [-0.39, 0.29) is 11.6 Å². The van der Waals surface area contributed by atoms with E-state index in [1.807, 2.05) is 0 Å². The van der Waals surface area contributed by atoms with Gasteiger partial charge in [0.15, 0.2) is 5.69 Å². The van der Waals surface area contributed by atoms with E-state index in [2.05, 4.69) is 36.4 Å². The summed E-state index contributed by atoms with van der Waals surface area (Å²) in [5.74, 6) is 0.00549. The minimum atomic E-state index is -0.379. The summed E-state index contributed by atoms with van der Waals surface area (Å²) < 4.78 is 0.606. The normalized spacial score (nSPS) is 10.2. The van der Waals surface area contributed by atoms with Crippen LogP contribution in [0, 0.1) is 0 Å². The maximum Gasteiger partial charge on any atom is 0.279 e. The highest BCUT2D eigenvalue weighted by atomic mass is 79.9. The van der Waals surface area contributed by atoms with Crippen LogP contribution in [0.2, 0.25) is 0 Å². The molecule has 0 saturated heterocycles. The minimum Gasteiger partial charge on any atom is -0.397 e. The van der Waals surface area contributed by atoms with E-state index in [0.717, 1.165) is 0 Å². The summed E-state index contributed by atoms with van der Waals surface area (Å²) in [7, 11) is 1.63. The molecule has 0 aliphatic rings. The number of halogens is 1. The number of hydrogen-bond acceptors (Lipinski definition) is 5. The smallest absolute Gasteiger partial charge is 0.279 e. The molecule has 3 N–H and O–H groups in total. The van der Waals surface area contributed by atoms with Gasteiger partial charge in [0.25, 0.3) is 5.91 Å². The highest BCUT2D eigenvalue weighted by Gasteiger charge is 2.12. The number of nitrogen functional groups attached to an aromatic ring is 1. The molecule has 0 bridgehead atoms. The van der Waals surface area contributed by atoms with Crippen molar-refractivity contribution in [3.05, 3.63) is 28.6 Å². The first-order valence-corrected chi connectivity index (χ1v) is 5.44. The van der Waals surface area contributed by atoms with Crippen LogP contribution in [-0.2, 0) is 7.05 Å². The van der Waals surface area contributed by atoms with Gasteiger partial charge in [-0.2, -0.15) is 9.90 Å². The molecule has 2 heterocycles. The Kier molecular flexibility index (Phi) is 3.05. The van der Waals surface area contributed by atoms with Crippen molar-refractivity contribution in [2.75, 3.05) is 11.1 Å². The Morgan fingerprint density at radius 1 is 1.53 bits per heavy atom. The highest BCUT2D eigenvalue weighted by molar-refractivity contribution is 9.10. The van der Waals surface area contributed by atoms with Crippen LogP contribution in [0.1, 0.15) is 10.5 Å². The largest absolute Gasteiger partial charge is 0.397 e. The molecule has 17 heavy (non-hydrogen) atoms. The molecule has 0 atom stereocenters. The van der Waals surface area contributed by atoms with E-state index in [4.69, 9.17) is 5.73 Å². The van der Waals surface area contributed by atoms with Crippen LogP contribution in [0.5, 0.6) is 0 Å². The summed E-state index contributed by atoms with van der Waals surface area (Å²) in [6.45, 7) is 0. The summed E-state index contributed by atoms with van der Waals surface area (Å²) in [6, 6.07) is 1.65. The summed E-state index contributed by atoms with van der Waals surface area (Å²) >= 11 is 3.25. The van der Waals surface area contributed by atoms with Crippen molar-refractivity contribution in [3.8, 4) is 0 Å². The number of rotatable bonds is 2. The topological polar surface area (TPSA) is 98.7 Å². The molecule has 2 aromatic rings. The van der Waals surface area contributed by atoms with Gasteiger partial charge in [0.05, 0.1) is 22.6 Å². The lowest BCUT2D eigenvalue weighted by Crippen LogP contribution is -2.14. The lowest BCUT2D eigenvalue weighted by atomic mass is 10.4. The summed E-state index contributed by atoms with van der Waals surface area (Å²) in [6.07, 6.45) is 2.83. The number of nitrogens with zero attached hydrogens (tertiary/aromatic N) is 4. The van der Waals surface area contributed by atoms with Crippen molar-refractivity contribution in [1.29, 1.82) is 0 Å². The molecule has 7 nitrogen and oxygen atoms in total. The van der Waals surface area contributed by atoms with Crippen LogP contribution in [-0.4, -0.2) is 25.9 Å². The Labute approximate surface area is 105 Å². The Morgan fingerprint density at radius 3 is 2.88 bits per heavy atom. The molecule has 8 heteroatoms. The predicted molar refractivity (Wildman–Crippen MR) is 65.3 cm³/mol. The molecule has 2 rings (SSSR count). The van der Waals surface area contributed by atoms with Gasteiger partial charge in [0.1, 0.15) is 5.82 Å². The number of aromatic nitrogens is 4. The average molecular weight is 297 g/mol. The summed E-state index contributed by atoms with van der Waals surface area (Å²) in [5.41, 5.74) is 6.27. The van der Waals surface area contributed by atoms with Crippen molar-refractivity contribution in [1.82, 2.24) is 20.0 Å². The second kappa shape index (κ2) is 4.50. The van der Waals surface area contributed by atoms with Crippen LogP contribution in [0.4, 0.5) is 11.5 Å². The predicted octanol–water partition coefficient (Wildman–Crippen LogP) is 0.807. The molecule has 0 spiro atoms. The first kappa shape index (κ1) is 11.5.